The number of likely N-dealkylation sites (tertiary alicyclic amines) is 1. The van der Waals surface area contributed by atoms with E-state index in [1.807, 2.05) is 18.2 Å². The van der Waals surface area contributed by atoms with Crippen LogP contribution >= 0.6 is 0 Å². The van der Waals surface area contributed by atoms with E-state index in [4.69, 9.17) is 9.26 Å². The summed E-state index contributed by atoms with van der Waals surface area (Å²) in [6.45, 7) is 1.21. The second kappa shape index (κ2) is 6.48. The Morgan fingerprint density at radius 3 is 2.69 bits per heavy atom. The zero-order chi connectivity index (χ0) is 18.1. The van der Waals surface area contributed by atoms with Crippen molar-refractivity contribution in [3.63, 3.8) is 0 Å². The smallest absolute Gasteiger partial charge is 0.292 e. The molecule has 136 valence electrons. The number of likely N-dealkylation sites (N-methyl/N-ethyl adjacent to an activating group) is 1. The van der Waals surface area contributed by atoms with Crippen LogP contribution in [0.1, 0.15) is 35.4 Å². The second-order valence-corrected chi connectivity index (χ2v) is 6.87. The first-order chi connectivity index (χ1) is 12.6. The molecule has 1 atom stereocenters. The second-order valence-electron chi connectivity index (χ2n) is 6.87. The van der Waals surface area contributed by atoms with Gasteiger partial charge in [0.1, 0.15) is 5.75 Å². The molecule has 4 rings (SSSR count). The van der Waals surface area contributed by atoms with Crippen LogP contribution in [-0.4, -0.2) is 48.1 Å². The molecule has 2 aliphatic rings. The number of nitrogens with zero attached hydrogens (tertiary/aromatic N) is 2. The zero-order valence-electron chi connectivity index (χ0n) is 14.6. The fourth-order valence-electron chi connectivity index (χ4n) is 4.07. The molecule has 1 aromatic heterocycles. The van der Waals surface area contributed by atoms with Crippen LogP contribution < -0.4 is 10.1 Å². The van der Waals surface area contributed by atoms with E-state index in [9.17, 15) is 9.59 Å². The minimum Gasteiger partial charge on any atom is -0.480 e. The Labute approximate surface area is 151 Å². The van der Waals surface area contributed by atoms with Crippen LogP contribution in [0.15, 0.2) is 41.1 Å². The van der Waals surface area contributed by atoms with Crippen LogP contribution in [0, 0.1) is 0 Å². The van der Waals surface area contributed by atoms with Gasteiger partial charge in [-0.2, -0.15) is 0 Å². The lowest BCUT2D eigenvalue weighted by Gasteiger charge is -2.46. The molecule has 2 amide bonds. The molecule has 2 aliphatic heterocycles. The predicted octanol–water partition coefficient (Wildman–Crippen LogP) is 1.75. The highest BCUT2D eigenvalue weighted by Crippen LogP contribution is 2.47. The van der Waals surface area contributed by atoms with Gasteiger partial charge in [-0.15, -0.1) is 0 Å². The van der Waals surface area contributed by atoms with Crippen LogP contribution in [0.25, 0.3) is 0 Å². The van der Waals surface area contributed by atoms with E-state index in [0.717, 1.165) is 24.2 Å². The first kappa shape index (κ1) is 16.6. The number of hydrogen-bond donors (Lipinski definition) is 1. The van der Waals surface area contributed by atoms with Gasteiger partial charge in [0.2, 0.25) is 5.76 Å². The number of benzene rings is 1. The number of hydrogen-bond acceptors (Lipinski definition) is 5. The minimum atomic E-state index is -0.508. The SMILES string of the molecule is CNC(=O)[C@@H]1CC2(CCN(C(=O)c3ccno3)CC2)c2ccccc2O1. The van der Waals surface area contributed by atoms with E-state index in [1.54, 1.807) is 18.0 Å². The average Bonchev–Trinajstić information content (AvgIpc) is 3.22. The van der Waals surface area contributed by atoms with Crippen molar-refractivity contribution in [2.45, 2.75) is 30.8 Å². The van der Waals surface area contributed by atoms with Gasteiger partial charge in [-0.1, -0.05) is 23.4 Å². The van der Waals surface area contributed by atoms with Crippen molar-refractivity contribution in [3.05, 3.63) is 47.9 Å². The van der Waals surface area contributed by atoms with Gasteiger partial charge in [-0.05, 0) is 18.9 Å². The fourth-order valence-corrected chi connectivity index (χ4v) is 4.07. The van der Waals surface area contributed by atoms with Gasteiger partial charge in [0.05, 0.1) is 6.20 Å². The normalized spacial score (nSPS) is 21.0. The molecule has 0 bridgehead atoms. The molecular formula is C19H21N3O4. The Kier molecular flexibility index (Phi) is 4.14. The zero-order valence-corrected chi connectivity index (χ0v) is 14.6. The van der Waals surface area contributed by atoms with E-state index >= 15 is 0 Å². The molecule has 1 aromatic carbocycles. The number of carbonyl (C=O) groups is 2. The van der Waals surface area contributed by atoms with Crippen LogP contribution in [-0.2, 0) is 10.2 Å². The third-order valence-corrected chi connectivity index (χ3v) is 5.50. The maximum Gasteiger partial charge on any atom is 0.292 e. The fraction of sp³-hybridized carbons (Fsp3) is 0.421. The number of rotatable bonds is 2. The largest absolute Gasteiger partial charge is 0.480 e. The van der Waals surface area contributed by atoms with Gasteiger partial charge < -0.3 is 19.5 Å². The number of piperidine rings is 1. The van der Waals surface area contributed by atoms with Gasteiger partial charge in [0.25, 0.3) is 11.8 Å². The summed E-state index contributed by atoms with van der Waals surface area (Å²) >= 11 is 0. The summed E-state index contributed by atoms with van der Waals surface area (Å²) in [4.78, 5) is 26.5. The lowest BCUT2D eigenvalue weighted by molar-refractivity contribution is -0.129. The molecule has 1 fully saturated rings. The lowest BCUT2D eigenvalue weighted by Crippen LogP contribution is -2.51. The quantitative estimate of drug-likeness (QED) is 0.887. The third-order valence-electron chi connectivity index (χ3n) is 5.50. The summed E-state index contributed by atoms with van der Waals surface area (Å²) in [5.74, 6) is 0.776. The van der Waals surface area contributed by atoms with E-state index < -0.39 is 6.10 Å². The number of aromatic nitrogens is 1. The number of fused-ring (bicyclic) bond motifs is 2. The van der Waals surface area contributed by atoms with Crippen LogP contribution in [0.5, 0.6) is 5.75 Å². The molecule has 7 heteroatoms. The highest BCUT2D eigenvalue weighted by molar-refractivity contribution is 5.91. The van der Waals surface area contributed by atoms with E-state index in [-0.39, 0.29) is 23.0 Å². The summed E-state index contributed by atoms with van der Waals surface area (Å²) in [6, 6.07) is 9.48. The molecule has 3 heterocycles. The van der Waals surface area contributed by atoms with Crippen molar-refractivity contribution >= 4 is 11.8 Å². The lowest BCUT2D eigenvalue weighted by atomic mass is 9.67. The Morgan fingerprint density at radius 2 is 2.00 bits per heavy atom. The molecule has 2 aromatic rings. The number of para-hydroxylation sites is 1. The Morgan fingerprint density at radius 1 is 1.23 bits per heavy atom. The van der Waals surface area contributed by atoms with Gasteiger partial charge in [0, 0.05) is 43.6 Å². The molecule has 0 saturated carbocycles. The summed E-state index contributed by atoms with van der Waals surface area (Å²) in [5.41, 5.74) is 0.969. The van der Waals surface area contributed by atoms with Crippen LogP contribution in [0.4, 0.5) is 0 Å². The van der Waals surface area contributed by atoms with E-state index in [0.29, 0.717) is 19.5 Å². The monoisotopic (exact) mass is 355 g/mol. The van der Waals surface area contributed by atoms with Gasteiger partial charge >= 0.3 is 0 Å². The summed E-state index contributed by atoms with van der Waals surface area (Å²) < 4.78 is 10.9. The topological polar surface area (TPSA) is 84.7 Å². The maximum atomic E-state index is 12.5. The van der Waals surface area contributed by atoms with Gasteiger partial charge in [0.15, 0.2) is 6.10 Å². The molecule has 1 saturated heterocycles. The molecule has 7 nitrogen and oxygen atoms in total. The average molecular weight is 355 g/mol. The van der Waals surface area contributed by atoms with Crippen LogP contribution in [0.3, 0.4) is 0 Å². The Balaban J connectivity index is 1.58. The predicted molar refractivity (Wildman–Crippen MR) is 92.9 cm³/mol. The molecule has 26 heavy (non-hydrogen) atoms. The van der Waals surface area contributed by atoms with Crippen molar-refractivity contribution < 1.29 is 18.8 Å². The standard InChI is InChI=1S/C19H21N3O4/c1-20-17(23)16-12-19(13-4-2-3-5-14(13)25-16)7-10-22(11-8-19)18(24)15-6-9-21-26-15/h2-6,9,16H,7-8,10-12H2,1H3,(H,20,23)/t16-/m0/s1. The molecule has 1 N–H and O–H groups in total. The minimum absolute atomic E-state index is 0.112. The first-order valence-electron chi connectivity index (χ1n) is 8.81. The molecule has 0 aliphatic carbocycles. The number of amides is 2. The number of carbonyl (C=O) groups excluding carboxylic acids is 2. The first-order valence-corrected chi connectivity index (χ1v) is 8.81. The molecule has 0 unspecified atom stereocenters. The van der Waals surface area contributed by atoms with Crippen molar-refractivity contribution in [1.82, 2.24) is 15.4 Å². The summed E-state index contributed by atoms with van der Waals surface area (Å²) in [5, 5.41) is 6.29. The number of nitrogens with one attached hydrogen (secondary N) is 1. The maximum absolute atomic E-state index is 12.5. The van der Waals surface area contributed by atoms with E-state index in [2.05, 4.69) is 16.5 Å². The highest BCUT2D eigenvalue weighted by Gasteiger charge is 2.46. The highest BCUT2D eigenvalue weighted by atomic mass is 16.5. The van der Waals surface area contributed by atoms with Crippen molar-refractivity contribution in [1.29, 1.82) is 0 Å². The Bertz CT molecular complexity index is 810. The summed E-state index contributed by atoms with van der Waals surface area (Å²) in [6.07, 6.45) is 3.14. The Hall–Kier alpha value is -2.83. The molecular weight excluding hydrogens is 334 g/mol. The van der Waals surface area contributed by atoms with Gasteiger partial charge in [-0.25, -0.2) is 0 Å². The van der Waals surface area contributed by atoms with Crippen LogP contribution in [0.2, 0.25) is 0 Å². The van der Waals surface area contributed by atoms with E-state index in [1.165, 1.54) is 6.20 Å². The van der Waals surface area contributed by atoms with Crippen molar-refractivity contribution in [2.75, 3.05) is 20.1 Å². The molecule has 1 spiro atoms. The number of ether oxygens (including phenoxy) is 1. The van der Waals surface area contributed by atoms with Crippen molar-refractivity contribution in [2.24, 2.45) is 0 Å². The summed E-state index contributed by atoms with van der Waals surface area (Å²) in [7, 11) is 1.62. The molecule has 0 radical (unpaired) electrons. The van der Waals surface area contributed by atoms with Gasteiger partial charge in [-0.3, -0.25) is 9.59 Å². The third kappa shape index (κ3) is 2.73. The van der Waals surface area contributed by atoms with Crippen molar-refractivity contribution in [3.8, 4) is 5.75 Å².